The van der Waals surface area contributed by atoms with Crippen LogP contribution in [0.3, 0.4) is 0 Å². The number of benzene rings is 2. The predicted octanol–water partition coefficient (Wildman–Crippen LogP) is 1.55. The molecule has 0 radical (unpaired) electrons. The van der Waals surface area contributed by atoms with Crippen LogP contribution in [0.25, 0.3) is 11.0 Å². The third kappa shape index (κ3) is 3.31. The van der Waals surface area contributed by atoms with E-state index in [0.717, 1.165) is 13.0 Å². The van der Waals surface area contributed by atoms with E-state index in [2.05, 4.69) is 17.0 Å². The van der Waals surface area contributed by atoms with E-state index >= 15 is 0 Å². The van der Waals surface area contributed by atoms with Crippen LogP contribution in [0.1, 0.15) is 11.1 Å². The van der Waals surface area contributed by atoms with Crippen LogP contribution >= 0.6 is 0 Å². The summed E-state index contributed by atoms with van der Waals surface area (Å²) in [5.74, 6) is 0. The summed E-state index contributed by atoms with van der Waals surface area (Å²) in [7, 11) is 3.32. The van der Waals surface area contributed by atoms with Gasteiger partial charge in [-0.1, -0.05) is 24.3 Å². The molecule has 1 unspecified atom stereocenters. The normalized spacial score (nSPS) is 17.8. The standard InChI is InChI=1S/C21H26N4O3S/c1-22-13-16-8-6-5-7-15(16)11-17(22)14-23(2)29(27,28)18-9-10-19-20(12-18)25(4)21(26)24(19)3/h5-10,12,17H,11,13-14H2,1-4H3. The molecule has 0 aliphatic carbocycles. The van der Waals surface area contributed by atoms with Gasteiger partial charge in [0, 0.05) is 40.3 Å². The van der Waals surface area contributed by atoms with Gasteiger partial charge in [0.05, 0.1) is 15.9 Å². The molecule has 29 heavy (non-hydrogen) atoms. The number of aryl methyl sites for hydroxylation is 2. The summed E-state index contributed by atoms with van der Waals surface area (Å²) in [6.07, 6.45) is 0.818. The lowest BCUT2D eigenvalue weighted by Gasteiger charge is -2.36. The Morgan fingerprint density at radius 1 is 1.00 bits per heavy atom. The van der Waals surface area contributed by atoms with Gasteiger partial charge in [-0.15, -0.1) is 0 Å². The van der Waals surface area contributed by atoms with E-state index in [1.807, 2.05) is 19.2 Å². The fourth-order valence-electron chi connectivity index (χ4n) is 4.14. The first-order valence-corrected chi connectivity index (χ1v) is 11.0. The van der Waals surface area contributed by atoms with E-state index in [0.29, 0.717) is 17.6 Å². The van der Waals surface area contributed by atoms with Crippen molar-refractivity contribution in [1.82, 2.24) is 18.3 Å². The number of rotatable bonds is 4. The molecule has 1 atom stereocenters. The minimum atomic E-state index is -3.67. The number of likely N-dealkylation sites (N-methyl/N-ethyl adjacent to an activating group) is 2. The highest BCUT2D eigenvalue weighted by Gasteiger charge is 2.29. The summed E-state index contributed by atoms with van der Waals surface area (Å²) in [5, 5.41) is 0. The fraction of sp³-hybridized carbons (Fsp3) is 0.381. The maximum Gasteiger partial charge on any atom is 0.328 e. The van der Waals surface area contributed by atoms with Crippen molar-refractivity contribution in [2.75, 3.05) is 20.6 Å². The summed E-state index contributed by atoms with van der Waals surface area (Å²) in [4.78, 5) is 14.6. The van der Waals surface area contributed by atoms with Crippen molar-refractivity contribution in [2.24, 2.45) is 14.1 Å². The average molecular weight is 415 g/mol. The maximum atomic E-state index is 13.2. The van der Waals surface area contributed by atoms with E-state index in [-0.39, 0.29) is 16.6 Å². The number of imidazole rings is 1. The largest absolute Gasteiger partial charge is 0.328 e. The third-order valence-corrected chi connectivity index (χ3v) is 7.86. The number of hydrogen-bond acceptors (Lipinski definition) is 4. The number of sulfonamides is 1. The molecule has 2 aromatic carbocycles. The minimum absolute atomic E-state index is 0.106. The Morgan fingerprint density at radius 3 is 2.38 bits per heavy atom. The van der Waals surface area contributed by atoms with Crippen LogP contribution in [0.4, 0.5) is 0 Å². The van der Waals surface area contributed by atoms with Gasteiger partial charge in [-0.3, -0.25) is 14.0 Å². The molecule has 1 aromatic heterocycles. The second-order valence-corrected chi connectivity index (χ2v) is 9.92. The monoisotopic (exact) mass is 414 g/mol. The Morgan fingerprint density at radius 2 is 1.66 bits per heavy atom. The summed E-state index contributed by atoms with van der Waals surface area (Å²) in [6, 6.07) is 13.3. The Labute approximate surface area is 170 Å². The van der Waals surface area contributed by atoms with E-state index < -0.39 is 10.0 Å². The zero-order valence-electron chi connectivity index (χ0n) is 17.2. The van der Waals surface area contributed by atoms with Gasteiger partial charge in [0.1, 0.15) is 0 Å². The molecule has 4 rings (SSSR count). The van der Waals surface area contributed by atoms with E-state index in [9.17, 15) is 13.2 Å². The van der Waals surface area contributed by atoms with Gasteiger partial charge in [-0.25, -0.2) is 13.2 Å². The van der Waals surface area contributed by atoms with Gasteiger partial charge in [0.15, 0.2) is 0 Å². The maximum absolute atomic E-state index is 13.2. The summed E-state index contributed by atoms with van der Waals surface area (Å²) in [6.45, 7) is 1.21. The Hall–Kier alpha value is -2.42. The molecule has 7 nitrogen and oxygen atoms in total. The van der Waals surface area contributed by atoms with Crippen LogP contribution in [-0.2, 0) is 37.1 Å². The molecule has 0 amide bonds. The van der Waals surface area contributed by atoms with Gasteiger partial charge in [0.2, 0.25) is 10.0 Å². The predicted molar refractivity (Wildman–Crippen MR) is 113 cm³/mol. The Balaban J connectivity index is 1.61. The van der Waals surface area contributed by atoms with Crippen molar-refractivity contribution in [1.29, 1.82) is 0 Å². The van der Waals surface area contributed by atoms with Crippen LogP contribution in [0.15, 0.2) is 52.2 Å². The SMILES string of the molecule is CN1Cc2ccccc2CC1CN(C)S(=O)(=O)c1ccc2c(c1)n(C)c(=O)n2C. The molecule has 1 aliphatic rings. The molecule has 1 aliphatic heterocycles. The van der Waals surface area contributed by atoms with Crippen molar-refractivity contribution >= 4 is 21.1 Å². The van der Waals surface area contributed by atoms with Crippen molar-refractivity contribution in [3.63, 3.8) is 0 Å². The zero-order valence-corrected chi connectivity index (χ0v) is 18.0. The molecular weight excluding hydrogens is 388 g/mol. The van der Waals surface area contributed by atoms with Crippen LogP contribution in [-0.4, -0.2) is 53.4 Å². The first-order valence-electron chi connectivity index (χ1n) is 9.59. The second kappa shape index (κ2) is 7.12. The van der Waals surface area contributed by atoms with Crippen molar-refractivity contribution in [3.8, 4) is 0 Å². The average Bonchev–Trinajstić information content (AvgIpc) is 2.92. The smallest absolute Gasteiger partial charge is 0.298 e. The number of nitrogens with zero attached hydrogens (tertiary/aromatic N) is 4. The van der Waals surface area contributed by atoms with Crippen LogP contribution in [0.2, 0.25) is 0 Å². The van der Waals surface area contributed by atoms with Gasteiger partial charge in [-0.2, -0.15) is 4.31 Å². The fourth-order valence-corrected chi connectivity index (χ4v) is 5.37. The molecule has 0 saturated heterocycles. The first-order chi connectivity index (χ1) is 13.7. The van der Waals surface area contributed by atoms with Crippen molar-refractivity contribution in [2.45, 2.75) is 23.9 Å². The molecule has 8 heteroatoms. The highest BCUT2D eigenvalue weighted by atomic mass is 32.2. The van der Waals surface area contributed by atoms with Crippen LogP contribution < -0.4 is 5.69 Å². The molecular formula is C21H26N4O3S. The van der Waals surface area contributed by atoms with Crippen molar-refractivity contribution < 1.29 is 8.42 Å². The first kappa shape index (κ1) is 19.9. The quantitative estimate of drug-likeness (QED) is 0.650. The van der Waals surface area contributed by atoms with Gasteiger partial charge >= 0.3 is 5.69 Å². The molecule has 0 saturated carbocycles. The summed E-state index contributed by atoms with van der Waals surface area (Å²) < 4.78 is 30.8. The molecule has 0 fully saturated rings. The lowest BCUT2D eigenvalue weighted by Crippen LogP contribution is -2.46. The van der Waals surface area contributed by atoms with E-state index in [1.54, 1.807) is 39.3 Å². The minimum Gasteiger partial charge on any atom is -0.298 e. The highest BCUT2D eigenvalue weighted by molar-refractivity contribution is 7.89. The Kier molecular flexibility index (Phi) is 4.88. The number of aromatic nitrogens is 2. The molecule has 0 spiro atoms. The van der Waals surface area contributed by atoms with E-state index in [1.165, 1.54) is 24.6 Å². The topological polar surface area (TPSA) is 67.6 Å². The molecule has 3 aromatic rings. The molecule has 0 N–H and O–H groups in total. The van der Waals surface area contributed by atoms with Gasteiger partial charge < -0.3 is 0 Å². The molecule has 154 valence electrons. The van der Waals surface area contributed by atoms with Gasteiger partial charge in [-0.05, 0) is 42.8 Å². The molecule has 0 bridgehead atoms. The lowest BCUT2D eigenvalue weighted by molar-refractivity contribution is 0.191. The molecule has 2 heterocycles. The third-order valence-electron chi connectivity index (χ3n) is 6.04. The highest BCUT2D eigenvalue weighted by Crippen LogP contribution is 2.25. The second-order valence-electron chi connectivity index (χ2n) is 7.88. The summed E-state index contributed by atoms with van der Waals surface area (Å²) >= 11 is 0. The number of fused-ring (bicyclic) bond motifs is 2. The summed E-state index contributed by atoms with van der Waals surface area (Å²) in [5.41, 5.74) is 3.72. The van der Waals surface area contributed by atoms with Crippen molar-refractivity contribution in [3.05, 3.63) is 64.1 Å². The van der Waals surface area contributed by atoms with Crippen LogP contribution in [0.5, 0.6) is 0 Å². The lowest BCUT2D eigenvalue weighted by atomic mass is 9.94. The number of hydrogen-bond donors (Lipinski definition) is 0. The van der Waals surface area contributed by atoms with Crippen LogP contribution in [0, 0.1) is 0 Å². The van der Waals surface area contributed by atoms with E-state index in [4.69, 9.17) is 0 Å². The Bertz CT molecular complexity index is 1240. The van der Waals surface area contributed by atoms with Gasteiger partial charge in [0.25, 0.3) is 0 Å². The zero-order chi connectivity index (χ0) is 20.9.